The second-order valence-corrected chi connectivity index (χ2v) is 7.87. The van der Waals surface area contributed by atoms with Gasteiger partial charge in [-0.3, -0.25) is 9.59 Å². The van der Waals surface area contributed by atoms with Gasteiger partial charge in [0.15, 0.2) is 6.61 Å². The van der Waals surface area contributed by atoms with Gasteiger partial charge in [0, 0.05) is 5.69 Å². The standard InChI is InChI=1S/C19H15ClN2O3S2/c1-11-3-2-4-13(7-11)21-17(23)10-25-15-6-5-12(8-14(15)20)9-16-18(24)22-19(26)27-16/h2-9H,10H2,1H3,(H,21,23)(H,22,24,26)/b16-9-. The Hall–Kier alpha value is -2.35. The highest BCUT2D eigenvalue weighted by Gasteiger charge is 2.22. The zero-order chi connectivity index (χ0) is 19.4. The highest BCUT2D eigenvalue weighted by atomic mass is 35.5. The lowest BCUT2D eigenvalue weighted by molar-refractivity contribution is -0.118. The monoisotopic (exact) mass is 418 g/mol. The largest absolute Gasteiger partial charge is 0.482 e. The van der Waals surface area contributed by atoms with Gasteiger partial charge in [-0.2, -0.15) is 0 Å². The number of rotatable bonds is 5. The lowest BCUT2D eigenvalue weighted by Crippen LogP contribution is -2.20. The minimum atomic E-state index is -0.282. The maximum atomic E-state index is 12.0. The predicted molar refractivity (Wildman–Crippen MR) is 113 cm³/mol. The normalized spacial score (nSPS) is 15.0. The lowest BCUT2D eigenvalue weighted by Gasteiger charge is -2.10. The highest BCUT2D eigenvalue weighted by Crippen LogP contribution is 2.30. The summed E-state index contributed by atoms with van der Waals surface area (Å²) >= 11 is 12.4. The van der Waals surface area contributed by atoms with E-state index < -0.39 is 0 Å². The second kappa shape index (κ2) is 8.56. The first-order chi connectivity index (χ1) is 12.9. The maximum absolute atomic E-state index is 12.0. The SMILES string of the molecule is Cc1cccc(NC(=O)COc2ccc(/C=C3\SC(=S)NC3=O)cc2Cl)c1. The number of anilines is 1. The van der Waals surface area contributed by atoms with E-state index in [2.05, 4.69) is 10.6 Å². The third-order valence-electron chi connectivity index (χ3n) is 3.56. The Morgan fingerprint density at radius 1 is 1.33 bits per heavy atom. The molecule has 0 bridgehead atoms. The van der Waals surface area contributed by atoms with E-state index in [4.69, 9.17) is 28.6 Å². The Balaban J connectivity index is 1.61. The number of halogens is 1. The van der Waals surface area contributed by atoms with E-state index in [0.29, 0.717) is 25.7 Å². The van der Waals surface area contributed by atoms with Crippen LogP contribution in [0.5, 0.6) is 5.75 Å². The van der Waals surface area contributed by atoms with Crippen molar-refractivity contribution in [2.24, 2.45) is 0 Å². The molecule has 2 N–H and O–H groups in total. The molecule has 0 atom stereocenters. The quantitative estimate of drug-likeness (QED) is 0.563. The molecular weight excluding hydrogens is 404 g/mol. The number of aryl methyl sites for hydroxylation is 1. The van der Waals surface area contributed by atoms with Crippen molar-refractivity contribution in [3.63, 3.8) is 0 Å². The van der Waals surface area contributed by atoms with Crippen molar-refractivity contribution >= 4 is 63.5 Å². The van der Waals surface area contributed by atoms with Crippen LogP contribution in [0.1, 0.15) is 11.1 Å². The number of thioether (sulfide) groups is 1. The lowest BCUT2D eigenvalue weighted by atomic mass is 10.2. The van der Waals surface area contributed by atoms with E-state index in [9.17, 15) is 9.59 Å². The smallest absolute Gasteiger partial charge is 0.263 e. The van der Waals surface area contributed by atoms with Gasteiger partial charge >= 0.3 is 0 Å². The molecule has 138 valence electrons. The summed E-state index contributed by atoms with van der Waals surface area (Å²) in [5.74, 6) is -0.123. The zero-order valence-electron chi connectivity index (χ0n) is 14.2. The fourth-order valence-corrected chi connectivity index (χ4v) is 3.65. The minimum Gasteiger partial charge on any atom is -0.482 e. The Morgan fingerprint density at radius 3 is 2.81 bits per heavy atom. The van der Waals surface area contributed by atoms with Gasteiger partial charge in [-0.1, -0.05) is 53.8 Å². The Labute approximate surface area is 171 Å². The molecule has 0 aromatic heterocycles. The molecule has 3 rings (SSSR count). The number of carbonyl (C=O) groups is 2. The van der Waals surface area contributed by atoms with Crippen molar-refractivity contribution in [2.45, 2.75) is 6.92 Å². The van der Waals surface area contributed by atoms with Crippen LogP contribution in [0.4, 0.5) is 5.69 Å². The summed E-state index contributed by atoms with van der Waals surface area (Å²) in [6, 6.07) is 12.6. The number of thiocarbonyl (C=S) groups is 1. The first-order valence-corrected chi connectivity index (χ1v) is 9.55. The topological polar surface area (TPSA) is 67.4 Å². The van der Waals surface area contributed by atoms with Crippen LogP contribution in [0, 0.1) is 6.92 Å². The van der Waals surface area contributed by atoms with Crippen molar-refractivity contribution in [1.82, 2.24) is 5.32 Å². The molecule has 1 fully saturated rings. The number of benzene rings is 2. The number of amides is 2. The second-order valence-electron chi connectivity index (χ2n) is 5.75. The molecule has 27 heavy (non-hydrogen) atoms. The Bertz CT molecular complexity index is 960. The molecule has 0 unspecified atom stereocenters. The number of nitrogens with one attached hydrogen (secondary N) is 2. The average molecular weight is 419 g/mol. The summed E-state index contributed by atoms with van der Waals surface area (Å²) in [7, 11) is 0. The number of ether oxygens (including phenoxy) is 1. The summed E-state index contributed by atoms with van der Waals surface area (Å²) in [6.45, 7) is 1.78. The summed E-state index contributed by atoms with van der Waals surface area (Å²) < 4.78 is 5.92. The maximum Gasteiger partial charge on any atom is 0.263 e. The molecule has 0 saturated carbocycles. The van der Waals surface area contributed by atoms with Gasteiger partial charge in [0.05, 0.1) is 9.93 Å². The molecular formula is C19H15ClN2O3S2. The molecule has 2 aromatic rings. The van der Waals surface area contributed by atoms with Gasteiger partial charge in [0.2, 0.25) is 0 Å². The molecule has 0 radical (unpaired) electrons. The molecule has 2 aromatic carbocycles. The van der Waals surface area contributed by atoms with E-state index >= 15 is 0 Å². The van der Waals surface area contributed by atoms with Crippen molar-refractivity contribution in [1.29, 1.82) is 0 Å². The van der Waals surface area contributed by atoms with Crippen LogP contribution >= 0.6 is 35.6 Å². The highest BCUT2D eigenvalue weighted by molar-refractivity contribution is 8.26. The molecule has 1 aliphatic rings. The number of hydrogen-bond donors (Lipinski definition) is 2. The summed E-state index contributed by atoms with van der Waals surface area (Å²) in [5.41, 5.74) is 2.50. The molecule has 0 aliphatic carbocycles. The fourth-order valence-electron chi connectivity index (χ4n) is 2.36. The Kier molecular flexibility index (Phi) is 6.15. The van der Waals surface area contributed by atoms with E-state index in [1.165, 1.54) is 11.8 Å². The van der Waals surface area contributed by atoms with Gasteiger partial charge in [-0.25, -0.2) is 0 Å². The van der Waals surface area contributed by atoms with Crippen molar-refractivity contribution < 1.29 is 14.3 Å². The van der Waals surface area contributed by atoms with Crippen LogP contribution in [0.2, 0.25) is 5.02 Å². The van der Waals surface area contributed by atoms with Gasteiger partial charge in [-0.05, 0) is 48.4 Å². The van der Waals surface area contributed by atoms with E-state index in [1.54, 1.807) is 24.3 Å². The number of hydrogen-bond acceptors (Lipinski definition) is 5. The third kappa shape index (κ3) is 5.32. The summed E-state index contributed by atoms with van der Waals surface area (Å²) in [6.07, 6.45) is 1.69. The third-order valence-corrected chi connectivity index (χ3v) is 5.01. The predicted octanol–water partition coefficient (Wildman–Crippen LogP) is 4.15. The average Bonchev–Trinajstić information content (AvgIpc) is 2.91. The van der Waals surface area contributed by atoms with E-state index in [1.807, 2.05) is 31.2 Å². The Morgan fingerprint density at radius 2 is 2.15 bits per heavy atom. The van der Waals surface area contributed by atoms with Crippen molar-refractivity contribution in [2.75, 3.05) is 11.9 Å². The molecule has 5 nitrogen and oxygen atoms in total. The van der Waals surface area contributed by atoms with E-state index in [-0.39, 0.29) is 18.4 Å². The van der Waals surface area contributed by atoms with Gasteiger partial charge in [0.25, 0.3) is 11.8 Å². The van der Waals surface area contributed by atoms with Crippen LogP contribution < -0.4 is 15.4 Å². The van der Waals surface area contributed by atoms with Crippen LogP contribution in [-0.4, -0.2) is 22.7 Å². The zero-order valence-corrected chi connectivity index (χ0v) is 16.6. The first-order valence-electron chi connectivity index (χ1n) is 7.94. The summed E-state index contributed by atoms with van der Waals surface area (Å²) in [5, 5.41) is 5.67. The van der Waals surface area contributed by atoms with Gasteiger partial charge in [-0.15, -0.1) is 0 Å². The molecule has 0 spiro atoms. The van der Waals surface area contributed by atoms with Gasteiger partial charge in [0.1, 0.15) is 10.1 Å². The fraction of sp³-hybridized carbons (Fsp3) is 0.105. The van der Waals surface area contributed by atoms with Crippen molar-refractivity contribution in [3.05, 3.63) is 63.5 Å². The minimum absolute atomic E-state index is 0.166. The molecule has 1 aliphatic heterocycles. The summed E-state index contributed by atoms with van der Waals surface area (Å²) in [4.78, 5) is 24.2. The first kappa shape index (κ1) is 19.4. The molecule has 1 heterocycles. The number of carbonyl (C=O) groups excluding carboxylic acids is 2. The van der Waals surface area contributed by atoms with Crippen LogP contribution in [0.25, 0.3) is 6.08 Å². The van der Waals surface area contributed by atoms with Crippen LogP contribution in [-0.2, 0) is 9.59 Å². The molecule has 1 saturated heterocycles. The van der Waals surface area contributed by atoms with Crippen LogP contribution in [0.3, 0.4) is 0 Å². The van der Waals surface area contributed by atoms with Crippen LogP contribution in [0.15, 0.2) is 47.4 Å². The van der Waals surface area contributed by atoms with E-state index in [0.717, 1.165) is 11.1 Å². The van der Waals surface area contributed by atoms with Gasteiger partial charge < -0.3 is 15.4 Å². The molecule has 2 amide bonds. The van der Waals surface area contributed by atoms with Crippen molar-refractivity contribution in [3.8, 4) is 5.75 Å². The molecule has 8 heteroatoms.